The van der Waals surface area contributed by atoms with Gasteiger partial charge in [-0.2, -0.15) is 0 Å². The van der Waals surface area contributed by atoms with Crippen molar-refractivity contribution in [2.24, 2.45) is 0 Å². The number of rotatable bonds is 4. The van der Waals surface area contributed by atoms with E-state index in [-0.39, 0.29) is 0 Å². The van der Waals surface area contributed by atoms with Gasteiger partial charge in [-0.1, -0.05) is 57.2 Å². The van der Waals surface area contributed by atoms with Gasteiger partial charge in [0.2, 0.25) is 0 Å². The Kier molecular flexibility index (Phi) is 4.74. The number of hydrogen-bond acceptors (Lipinski definition) is 0. The largest absolute Gasteiger partial charge is 0.0988 e. The molecule has 0 N–H and O–H groups in total. The van der Waals surface area contributed by atoms with Gasteiger partial charge in [0.25, 0.3) is 0 Å². The van der Waals surface area contributed by atoms with Crippen LogP contribution in [-0.2, 0) is 0 Å². The Morgan fingerprint density at radius 2 is 1.94 bits per heavy atom. The molecule has 1 aromatic carbocycles. The Balaban J connectivity index is 3.40. The van der Waals surface area contributed by atoms with Gasteiger partial charge < -0.3 is 0 Å². The number of aryl methyl sites for hydroxylation is 2. The monoisotopic (exact) mass is 228 g/mol. The number of hydrogen-bond donors (Lipinski definition) is 0. The summed E-state index contributed by atoms with van der Waals surface area (Å²) in [6, 6.07) is 4.56. The molecule has 0 heteroatoms. The molecule has 0 heterocycles. The highest BCUT2D eigenvalue weighted by Gasteiger charge is 2.08. The summed E-state index contributed by atoms with van der Waals surface area (Å²) < 4.78 is 0. The first kappa shape index (κ1) is 13.8. The smallest absolute Gasteiger partial charge is 0.0190 e. The number of benzene rings is 1. The molecule has 0 aliphatic rings. The van der Waals surface area contributed by atoms with Crippen molar-refractivity contribution in [2.75, 3.05) is 0 Å². The molecule has 0 amide bonds. The SMILES string of the molecule is C=C/C(=C\c1c(C)cc(C)cc1C(C)C)CC. The van der Waals surface area contributed by atoms with Crippen LogP contribution >= 0.6 is 0 Å². The molecule has 0 atom stereocenters. The first-order chi connectivity index (χ1) is 7.99. The average Bonchev–Trinajstić information content (AvgIpc) is 2.27. The molecule has 1 aromatic rings. The molecule has 0 aliphatic heterocycles. The molecule has 0 unspecified atom stereocenters. The number of allylic oxidation sites excluding steroid dienone is 2. The van der Waals surface area contributed by atoms with Crippen LogP contribution in [0.5, 0.6) is 0 Å². The normalized spacial score (nSPS) is 12.0. The molecular formula is C17H24. The third-order valence-electron chi connectivity index (χ3n) is 3.19. The summed E-state index contributed by atoms with van der Waals surface area (Å²) in [5.41, 5.74) is 6.83. The third kappa shape index (κ3) is 3.33. The first-order valence-electron chi connectivity index (χ1n) is 6.43. The Bertz CT molecular complexity index is 434. The lowest BCUT2D eigenvalue weighted by Gasteiger charge is -2.15. The lowest BCUT2D eigenvalue weighted by atomic mass is 9.90. The standard InChI is InChI=1S/C17H24/c1-7-15(8-2)11-17-14(6)9-13(5)10-16(17)12(3)4/h7,9-12H,1,8H2,2-6H3/b15-11+. The molecule has 92 valence electrons. The lowest BCUT2D eigenvalue weighted by Crippen LogP contribution is -1.97. The zero-order valence-corrected chi connectivity index (χ0v) is 11.8. The third-order valence-corrected chi connectivity index (χ3v) is 3.19. The fourth-order valence-electron chi connectivity index (χ4n) is 2.18. The summed E-state index contributed by atoms with van der Waals surface area (Å²) in [6.45, 7) is 14.9. The Hall–Kier alpha value is -1.30. The van der Waals surface area contributed by atoms with Gasteiger partial charge in [0, 0.05) is 0 Å². The van der Waals surface area contributed by atoms with Gasteiger partial charge in [0.05, 0.1) is 0 Å². The predicted octanol–water partition coefficient (Wildman–Crippen LogP) is 5.41. The van der Waals surface area contributed by atoms with Gasteiger partial charge >= 0.3 is 0 Å². The minimum atomic E-state index is 0.558. The lowest BCUT2D eigenvalue weighted by molar-refractivity contribution is 0.859. The summed E-state index contributed by atoms with van der Waals surface area (Å²) in [5.74, 6) is 0.558. The highest BCUT2D eigenvalue weighted by molar-refractivity contribution is 5.63. The quantitative estimate of drug-likeness (QED) is 0.605. The first-order valence-corrected chi connectivity index (χ1v) is 6.43. The van der Waals surface area contributed by atoms with Crippen molar-refractivity contribution in [1.82, 2.24) is 0 Å². The van der Waals surface area contributed by atoms with Crippen molar-refractivity contribution in [3.63, 3.8) is 0 Å². The minimum Gasteiger partial charge on any atom is -0.0988 e. The van der Waals surface area contributed by atoms with E-state index in [2.05, 4.69) is 59.4 Å². The Labute approximate surface area is 106 Å². The maximum absolute atomic E-state index is 3.88. The van der Waals surface area contributed by atoms with Gasteiger partial charge in [-0.25, -0.2) is 0 Å². The Morgan fingerprint density at radius 1 is 1.29 bits per heavy atom. The fraction of sp³-hybridized carbons (Fsp3) is 0.412. The van der Waals surface area contributed by atoms with E-state index in [1.54, 1.807) is 0 Å². The zero-order chi connectivity index (χ0) is 13.0. The van der Waals surface area contributed by atoms with Crippen LogP contribution in [0.3, 0.4) is 0 Å². The average molecular weight is 228 g/mol. The molecule has 0 radical (unpaired) electrons. The molecule has 0 saturated heterocycles. The maximum Gasteiger partial charge on any atom is -0.0190 e. The summed E-state index contributed by atoms with van der Waals surface area (Å²) in [7, 11) is 0. The molecule has 0 spiro atoms. The van der Waals surface area contributed by atoms with Crippen molar-refractivity contribution in [3.05, 3.63) is 52.6 Å². The fourth-order valence-corrected chi connectivity index (χ4v) is 2.18. The summed E-state index contributed by atoms with van der Waals surface area (Å²) in [4.78, 5) is 0. The molecule has 0 aliphatic carbocycles. The van der Waals surface area contributed by atoms with Crippen LogP contribution in [0.4, 0.5) is 0 Å². The van der Waals surface area contributed by atoms with E-state index in [0.29, 0.717) is 5.92 Å². The van der Waals surface area contributed by atoms with E-state index in [1.165, 1.54) is 27.8 Å². The van der Waals surface area contributed by atoms with Crippen LogP contribution < -0.4 is 0 Å². The molecule has 17 heavy (non-hydrogen) atoms. The van der Waals surface area contributed by atoms with Crippen molar-refractivity contribution in [3.8, 4) is 0 Å². The second-order valence-corrected chi connectivity index (χ2v) is 5.02. The zero-order valence-electron chi connectivity index (χ0n) is 11.8. The highest BCUT2D eigenvalue weighted by atomic mass is 14.1. The van der Waals surface area contributed by atoms with E-state index in [9.17, 15) is 0 Å². The van der Waals surface area contributed by atoms with Crippen molar-refractivity contribution in [2.45, 2.75) is 47.0 Å². The van der Waals surface area contributed by atoms with E-state index in [0.717, 1.165) is 6.42 Å². The second-order valence-electron chi connectivity index (χ2n) is 5.02. The van der Waals surface area contributed by atoms with E-state index in [1.807, 2.05) is 6.08 Å². The van der Waals surface area contributed by atoms with Crippen molar-refractivity contribution < 1.29 is 0 Å². The van der Waals surface area contributed by atoms with Crippen LogP contribution in [0.2, 0.25) is 0 Å². The minimum absolute atomic E-state index is 0.558. The van der Waals surface area contributed by atoms with Gasteiger partial charge in [0.15, 0.2) is 0 Å². The van der Waals surface area contributed by atoms with Crippen LogP contribution in [0.1, 0.15) is 55.4 Å². The molecule has 0 aromatic heterocycles. The molecule has 0 fully saturated rings. The van der Waals surface area contributed by atoms with Gasteiger partial charge in [-0.15, -0.1) is 0 Å². The van der Waals surface area contributed by atoms with Crippen molar-refractivity contribution in [1.29, 1.82) is 0 Å². The topological polar surface area (TPSA) is 0 Å². The second kappa shape index (κ2) is 5.86. The van der Waals surface area contributed by atoms with Gasteiger partial charge in [-0.3, -0.25) is 0 Å². The van der Waals surface area contributed by atoms with E-state index >= 15 is 0 Å². The summed E-state index contributed by atoms with van der Waals surface area (Å²) >= 11 is 0. The molecule has 0 nitrogen and oxygen atoms in total. The molecule has 1 rings (SSSR count). The van der Waals surface area contributed by atoms with Crippen LogP contribution in [0.15, 0.2) is 30.4 Å². The van der Waals surface area contributed by atoms with Crippen molar-refractivity contribution >= 4 is 6.08 Å². The Morgan fingerprint density at radius 3 is 2.41 bits per heavy atom. The van der Waals surface area contributed by atoms with E-state index in [4.69, 9.17) is 0 Å². The summed E-state index contributed by atoms with van der Waals surface area (Å²) in [5, 5.41) is 0. The van der Waals surface area contributed by atoms with Gasteiger partial charge in [-0.05, 0) is 48.4 Å². The van der Waals surface area contributed by atoms with Crippen LogP contribution in [0, 0.1) is 13.8 Å². The van der Waals surface area contributed by atoms with Crippen LogP contribution in [-0.4, -0.2) is 0 Å². The molecular weight excluding hydrogens is 204 g/mol. The molecule has 0 bridgehead atoms. The highest BCUT2D eigenvalue weighted by Crippen LogP contribution is 2.27. The predicted molar refractivity (Wildman–Crippen MR) is 78.5 cm³/mol. The van der Waals surface area contributed by atoms with E-state index < -0.39 is 0 Å². The van der Waals surface area contributed by atoms with Crippen LogP contribution in [0.25, 0.3) is 6.08 Å². The maximum atomic E-state index is 3.88. The van der Waals surface area contributed by atoms with Gasteiger partial charge in [0.1, 0.15) is 0 Å². The summed E-state index contributed by atoms with van der Waals surface area (Å²) in [6.07, 6.45) is 5.29. The molecule has 0 saturated carbocycles.